The summed E-state index contributed by atoms with van der Waals surface area (Å²) in [6.45, 7) is 6.37. The lowest BCUT2D eigenvalue weighted by atomic mass is 10.0. The van der Waals surface area contributed by atoms with Gasteiger partial charge in [0.2, 0.25) is 0 Å². The smallest absolute Gasteiger partial charge is 0.328 e. The van der Waals surface area contributed by atoms with E-state index in [9.17, 15) is 9.59 Å². The molecule has 0 aliphatic rings. The fraction of sp³-hybridized carbons (Fsp3) is 0.429. The Hall–Kier alpha value is -1.95. The highest BCUT2D eigenvalue weighted by Crippen LogP contribution is 2.30. The third-order valence-corrected chi connectivity index (χ3v) is 2.99. The molecular weight excluding hydrogens is 296 g/mol. The summed E-state index contributed by atoms with van der Waals surface area (Å²) in [5, 5.41) is 11.7. The molecule has 4 N–H and O–H groups in total. The highest BCUT2D eigenvalue weighted by Gasteiger charge is 2.30. The van der Waals surface area contributed by atoms with Crippen LogP contribution in [0.2, 0.25) is 5.02 Å². The number of carbonyl (C=O) groups is 2. The molecule has 0 saturated carbocycles. The summed E-state index contributed by atoms with van der Waals surface area (Å²) in [6.07, 6.45) is -0.176. The SMILES string of the molecule is CC(C)Oc1cc(N)c(Cl)cc1C(=O)NC(C)(C)C(=O)O. The molecular formula is C14H19ClN2O4. The fourth-order valence-electron chi connectivity index (χ4n) is 1.50. The van der Waals surface area contributed by atoms with E-state index in [2.05, 4.69) is 5.32 Å². The molecule has 0 fully saturated rings. The van der Waals surface area contributed by atoms with Gasteiger partial charge in [0.1, 0.15) is 11.3 Å². The average Bonchev–Trinajstić information content (AvgIpc) is 2.31. The fourth-order valence-corrected chi connectivity index (χ4v) is 1.67. The number of hydrogen-bond acceptors (Lipinski definition) is 4. The number of nitrogen functional groups attached to an aromatic ring is 1. The molecule has 1 aromatic rings. The summed E-state index contributed by atoms with van der Waals surface area (Å²) in [5.41, 5.74) is 4.70. The molecule has 0 unspecified atom stereocenters. The molecule has 0 heterocycles. The first-order valence-electron chi connectivity index (χ1n) is 6.36. The van der Waals surface area contributed by atoms with Crippen LogP contribution in [-0.2, 0) is 4.79 Å². The van der Waals surface area contributed by atoms with E-state index in [1.807, 2.05) is 0 Å². The Morgan fingerprint density at radius 2 is 1.95 bits per heavy atom. The van der Waals surface area contributed by atoms with Gasteiger partial charge in [-0.1, -0.05) is 11.6 Å². The second-order valence-corrected chi connectivity index (χ2v) is 5.83. The highest BCUT2D eigenvalue weighted by molar-refractivity contribution is 6.33. The standard InChI is InChI=1S/C14H19ClN2O4/c1-7(2)21-11-6-10(16)9(15)5-8(11)12(18)17-14(3,4)13(19)20/h5-7H,16H2,1-4H3,(H,17,18)(H,19,20). The molecule has 0 saturated heterocycles. The number of carbonyl (C=O) groups excluding carboxylic acids is 1. The third-order valence-electron chi connectivity index (χ3n) is 2.67. The van der Waals surface area contributed by atoms with Gasteiger partial charge >= 0.3 is 5.97 Å². The van der Waals surface area contributed by atoms with E-state index < -0.39 is 17.4 Å². The molecule has 1 amide bonds. The predicted molar refractivity (Wildman–Crippen MR) is 80.8 cm³/mol. The van der Waals surface area contributed by atoms with Crippen LogP contribution in [0.5, 0.6) is 5.75 Å². The topological polar surface area (TPSA) is 102 Å². The minimum Gasteiger partial charge on any atom is -0.490 e. The molecule has 7 heteroatoms. The van der Waals surface area contributed by atoms with Gasteiger partial charge in [0.25, 0.3) is 5.91 Å². The van der Waals surface area contributed by atoms with Crippen LogP contribution in [-0.4, -0.2) is 28.6 Å². The summed E-state index contributed by atoms with van der Waals surface area (Å²) < 4.78 is 5.53. The summed E-state index contributed by atoms with van der Waals surface area (Å²) in [5.74, 6) is -1.49. The van der Waals surface area contributed by atoms with Crippen molar-refractivity contribution in [2.45, 2.75) is 39.3 Å². The molecule has 0 aliphatic heterocycles. The molecule has 1 rings (SSSR count). The van der Waals surface area contributed by atoms with Crippen LogP contribution in [0.15, 0.2) is 12.1 Å². The summed E-state index contributed by atoms with van der Waals surface area (Å²) in [7, 11) is 0. The van der Waals surface area contributed by atoms with Crippen molar-refractivity contribution in [1.82, 2.24) is 5.32 Å². The van der Waals surface area contributed by atoms with Crippen LogP contribution in [0, 0.1) is 0 Å². The highest BCUT2D eigenvalue weighted by atomic mass is 35.5. The number of anilines is 1. The van der Waals surface area contributed by atoms with Gasteiger partial charge in [-0.3, -0.25) is 4.79 Å². The zero-order valence-corrected chi connectivity index (χ0v) is 13.1. The Bertz CT molecular complexity index is 570. The second-order valence-electron chi connectivity index (χ2n) is 5.42. The number of carboxylic acids is 1. The lowest BCUT2D eigenvalue weighted by Gasteiger charge is -2.22. The van der Waals surface area contributed by atoms with Gasteiger partial charge in [-0.05, 0) is 33.8 Å². The van der Waals surface area contributed by atoms with Crippen molar-refractivity contribution in [1.29, 1.82) is 0 Å². The second kappa shape index (κ2) is 6.22. The number of aliphatic carboxylic acids is 1. The Balaban J connectivity index is 3.19. The molecule has 21 heavy (non-hydrogen) atoms. The first kappa shape index (κ1) is 17.1. The third kappa shape index (κ3) is 4.26. The van der Waals surface area contributed by atoms with Crippen LogP contribution in [0.1, 0.15) is 38.1 Å². The monoisotopic (exact) mass is 314 g/mol. The molecule has 0 bridgehead atoms. The van der Waals surface area contributed by atoms with Crippen LogP contribution >= 0.6 is 11.6 Å². The van der Waals surface area contributed by atoms with Crippen molar-refractivity contribution in [2.24, 2.45) is 0 Å². The van der Waals surface area contributed by atoms with E-state index in [0.717, 1.165) is 0 Å². The van der Waals surface area contributed by atoms with Gasteiger partial charge in [-0.2, -0.15) is 0 Å². The normalized spacial score (nSPS) is 11.3. The van der Waals surface area contributed by atoms with Gasteiger partial charge in [0.15, 0.2) is 0 Å². The van der Waals surface area contributed by atoms with Gasteiger partial charge < -0.3 is 20.9 Å². The van der Waals surface area contributed by atoms with Gasteiger partial charge in [0.05, 0.1) is 22.4 Å². The van der Waals surface area contributed by atoms with E-state index in [1.165, 1.54) is 26.0 Å². The number of nitrogens with one attached hydrogen (secondary N) is 1. The van der Waals surface area contributed by atoms with E-state index in [1.54, 1.807) is 13.8 Å². The van der Waals surface area contributed by atoms with Crippen LogP contribution in [0.25, 0.3) is 0 Å². The summed E-state index contributed by atoms with van der Waals surface area (Å²) >= 11 is 5.92. The number of nitrogens with two attached hydrogens (primary N) is 1. The molecule has 116 valence electrons. The molecule has 6 nitrogen and oxygen atoms in total. The quantitative estimate of drug-likeness (QED) is 0.724. The first-order chi connectivity index (χ1) is 9.54. The van der Waals surface area contributed by atoms with Crippen molar-refractivity contribution in [3.63, 3.8) is 0 Å². The maximum atomic E-state index is 12.3. The Kier molecular flexibility index (Phi) is 5.06. The van der Waals surface area contributed by atoms with Crippen molar-refractivity contribution < 1.29 is 19.4 Å². The molecule has 0 atom stereocenters. The van der Waals surface area contributed by atoms with Crippen LogP contribution in [0.3, 0.4) is 0 Å². The summed E-state index contributed by atoms with van der Waals surface area (Å²) in [4.78, 5) is 23.4. The van der Waals surface area contributed by atoms with Gasteiger partial charge in [-0.15, -0.1) is 0 Å². The first-order valence-corrected chi connectivity index (χ1v) is 6.74. The maximum Gasteiger partial charge on any atom is 0.328 e. The maximum absolute atomic E-state index is 12.3. The predicted octanol–water partition coefficient (Wildman–Crippen LogP) is 2.30. The Morgan fingerprint density at radius 3 is 2.43 bits per heavy atom. The zero-order chi connectivity index (χ0) is 16.4. The van der Waals surface area contributed by atoms with Gasteiger partial charge in [0, 0.05) is 6.07 Å². The molecule has 1 aromatic carbocycles. The lowest BCUT2D eigenvalue weighted by molar-refractivity contribution is -0.143. The number of carboxylic acid groups (broad SMARTS) is 1. The number of halogens is 1. The molecule has 0 radical (unpaired) electrons. The minimum absolute atomic E-state index is 0.136. The van der Waals surface area contributed by atoms with E-state index in [4.69, 9.17) is 27.2 Å². The zero-order valence-electron chi connectivity index (χ0n) is 12.4. The number of hydrogen-bond donors (Lipinski definition) is 3. The van der Waals surface area contributed by atoms with E-state index in [0.29, 0.717) is 0 Å². The van der Waals surface area contributed by atoms with Crippen LogP contribution in [0.4, 0.5) is 5.69 Å². The van der Waals surface area contributed by atoms with E-state index >= 15 is 0 Å². The lowest BCUT2D eigenvalue weighted by Crippen LogP contribution is -2.49. The number of benzene rings is 1. The average molecular weight is 315 g/mol. The summed E-state index contributed by atoms with van der Waals surface area (Å²) in [6, 6.07) is 2.81. The minimum atomic E-state index is -1.42. The number of ether oxygens (including phenoxy) is 1. The van der Waals surface area contributed by atoms with Crippen LogP contribution < -0.4 is 15.8 Å². The molecule has 0 spiro atoms. The van der Waals surface area contributed by atoms with Crippen molar-refractivity contribution in [3.8, 4) is 5.75 Å². The Morgan fingerprint density at radius 1 is 1.38 bits per heavy atom. The largest absolute Gasteiger partial charge is 0.490 e. The number of amides is 1. The van der Waals surface area contributed by atoms with Crippen molar-refractivity contribution >= 4 is 29.2 Å². The van der Waals surface area contributed by atoms with Crippen molar-refractivity contribution in [2.75, 3.05) is 5.73 Å². The van der Waals surface area contributed by atoms with Gasteiger partial charge in [-0.25, -0.2) is 4.79 Å². The molecule has 0 aromatic heterocycles. The van der Waals surface area contributed by atoms with E-state index in [-0.39, 0.29) is 28.1 Å². The number of rotatable bonds is 5. The Labute approximate surface area is 128 Å². The van der Waals surface area contributed by atoms with Crippen molar-refractivity contribution in [3.05, 3.63) is 22.7 Å². The molecule has 0 aliphatic carbocycles.